The molecule has 6 saturated carbocycles. The first-order chi connectivity index (χ1) is 14.5. The maximum Gasteiger partial charge on any atom is 0.334 e. The van der Waals surface area contributed by atoms with Crippen molar-refractivity contribution in [3.63, 3.8) is 0 Å². The molecule has 0 saturated heterocycles. The van der Waals surface area contributed by atoms with Gasteiger partial charge >= 0.3 is 11.9 Å². The summed E-state index contributed by atoms with van der Waals surface area (Å²) in [5.74, 6) is 1.20. The van der Waals surface area contributed by atoms with E-state index in [9.17, 15) is 9.59 Å². The number of carbonyl (C=O) groups is 2. The summed E-state index contributed by atoms with van der Waals surface area (Å²) in [7, 11) is 0. The Morgan fingerprint density at radius 1 is 0.839 bits per heavy atom. The Hall–Kier alpha value is -1.58. The maximum absolute atomic E-state index is 13.5. The Bertz CT molecular complexity index is 827. The van der Waals surface area contributed by atoms with Gasteiger partial charge in [0.1, 0.15) is 11.2 Å². The number of carbonyl (C=O) groups excluding carboxylic acids is 2. The van der Waals surface area contributed by atoms with Crippen LogP contribution in [0.2, 0.25) is 0 Å². The highest BCUT2D eigenvalue weighted by Crippen LogP contribution is 2.65. The van der Waals surface area contributed by atoms with E-state index in [0.29, 0.717) is 29.4 Å². The van der Waals surface area contributed by atoms with Gasteiger partial charge in [-0.25, -0.2) is 9.59 Å². The fraction of sp³-hybridized carbons (Fsp3) is 0.778. The number of hydrogen-bond donors (Lipinski definition) is 0. The molecule has 0 aromatic heterocycles. The predicted molar refractivity (Wildman–Crippen MR) is 119 cm³/mol. The van der Waals surface area contributed by atoms with Crippen LogP contribution in [0.25, 0.3) is 0 Å². The molecule has 6 fully saturated rings. The van der Waals surface area contributed by atoms with Crippen LogP contribution in [0.1, 0.15) is 91.4 Å². The second-order valence-electron chi connectivity index (χ2n) is 12.4. The monoisotopic (exact) mass is 426 g/mol. The Morgan fingerprint density at radius 3 is 1.81 bits per heavy atom. The molecule has 31 heavy (non-hydrogen) atoms. The van der Waals surface area contributed by atoms with Gasteiger partial charge in [-0.05, 0) is 94.3 Å². The molecular formula is C27H38O4. The molecule has 0 N–H and O–H groups in total. The van der Waals surface area contributed by atoms with Crippen LogP contribution in [-0.4, -0.2) is 23.1 Å². The summed E-state index contributed by atoms with van der Waals surface area (Å²) in [6.45, 7) is 14.2. The molecule has 0 amide bonds. The minimum Gasteiger partial charge on any atom is -0.456 e. The molecule has 6 rings (SSSR count). The van der Waals surface area contributed by atoms with E-state index in [2.05, 4.69) is 27.0 Å². The van der Waals surface area contributed by atoms with E-state index in [-0.39, 0.29) is 22.8 Å². The van der Waals surface area contributed by atoms with Crippen LogP contribution in [0.4, 0.5) is 0 Å². The Morgan fingerprint density at radius 2 is 1.35 bits per heavy atom. The van der Waals surface area contributed by atoms with Gasteiger partial charge in [-0.1, -0.05) is 27.0 Å². The SMILES string of the molecule is C=C(C)C(=O)OC12CC3CC(C1)CC(OC(=O)C(=C)C(C)(C)C14CCC(CC1)C4)(C3)C2. The number of esters is 2. The lowest BCUT2D eigenvalue weighted by molar-refractivity contribution is -0.228. The van der Waals surface area contributed by atoms with Gasteiger partial charge in [0, 0.05) is 23.0 Å². The third kappa shape index (κ3) is 3.23. The highest BCUT2D eigenvalue weighted by molar-refractivity contribution is 5.90. The lowest BCUT2D eigenvalue weighted by Crippen LogP contribution is -2.62. The molecule has 2 atom stereocenters. The van der Waals surface area contributed by atoms with Crippen LogP contribution in [0.5, 0.6) is 0 Å². The van der Waals surface area contributed by atoms with E-state index in [4.69, 9.17) is 9.47 Å². The van der Waals surface area contributed by atoms with Crippen LogP contribution >= 0.6 is 0 Å². The summed E-state index contributed by atoms with van der Waals surface area (Å²) in [4.78, 5) is 25.9. The van der Waals surface area contributed by atoms with Gasteiger partial charge in [0.15, 0.2) is 0 Å². The molecule has 4 heteroatoms. The highest BCUT2D eigenvalue weighted by atomic mass is 16.6. The first-order valence-corrected chi connectivity index (χ1v) is 12.3. The number of fused-ring (bicyclic) bond motifs is 2. The Kier molecular flexibility index (Phi) is 4.61. The van der Waals surface area contributed by atoms with Crippen molar-refractivity contribution < 1.29 is 19.1 Å². The van der Waals surface area contributed by atoms with Gasteiger partial charge in [-0.15, -0.1) is 0 Å². The van der Waals surface area contributed by atoms with Crippen molar-refractivity contribution in [2.75, 3.05) is 0 Å². The predicted octanol–water partition coefficient (Wildman–Crippen LogP) is 5.90. The van der Waals surface area contributed by atoms with Gasteiger partial charge in [0.2, 0.25) is 0 Å². The van der Waals surface area contributed by atoms with Crippen LogP contribution in [-0.2, 0) is 19.1 Å². The standard InChI is InChI=1S/C27H38O4/c1-17(2)22(28)30-26-12-20-10-21(13-26)15-27(14-20,16-26)31-23(29)18(3)24(4,5)25-8-6-19(11-25)7-9-25/h19-21H,1,3,6-16H2,2,4-5H3. The van der Waals surface area contributed by atoms with Gasteiger partial charge in [-0.3, -0.25) is 0 Å². The van der Waals surface area contributed by atoms with Crippen molar-refractivity contribution in [3.8, 4) is 0 Å². The van der Waals surface area contributed by atoms with Crippen molar-refractivity contribution in [2.45, 2.75) is 103 Å². The average molecular weight is 427 g/mol. The van der Waals surface area contributed by atoms with E-state index in [0.717, 1.165) is 38.0 Å². The van der Waals surface area contributed by atoms with Crippen molar-refractivity contribution in [1.82, 2.24) is 0 Å². The average Bonchev–Trinajstić information content (AvgIpc) is 3.28. The second kappa shape index (κ2) is 6.71. The summed E-state index contributed by atoms with van der Waals surface area (Å²) in [6, 6.07) is 0. The molecule has 170 valence electrons. The van der Waals surface area contributed by atoms with Crippen LogP contribution in [0.15, 0.2) is 24.3 Å². The molecule has 0 radical (unpaired) electrons. The molecule has 0 spiro atoms. The molecule has 6 bridgehead atoms. The second-order valence-corrected chi connectivity index (χ2v) is 12.4. The Balaban J connectivity index is 1.34. The minimum atomic E-state index is -0.513. The number of rotatable bonds is 6. The fourth-order valence-corrected chi connectivity index (χ4v) is 8.52. The van der Waals surface area contributed by atoms with Crippen molar-refractivity contribution in [2.24, 2.45) is 28.6 Å². The molecule has 2 unspecified atom stereocenters. The van der Waals surface area contributed by atoms with Crippen molar-refractivity contribution in [1.29, 1.82) is 0 Å². The molecule has 0 aromatic rings. The largest absolute Gasteiger partial charge is 0.456 e. The molecule has 6 aliphatic carbocycles. The normalized spacial score (nSPS) is 42.5. The van der Waals surface area contributed by atoms with E-state index in [1.54, 1.807) is 6.92 Å². The zero-order valence-corrected chi connectivity index (χ0v) is 19.6. The molecule has 0 heterocycles. The summed E-state index contributed by atoms with van der Waals surface area (Å²) in [5.41, 5.74) is 0.0116. The lowest BCUT2D eigenvalue weighted by Gasteiger charge is -2.60. The summed E-state index contributed by atoms with van der Waals surface area (Å²) < 4.78 is 12.4. The van der Waals surface area contributed by atoms with E-state index < -0.39 is 11.2 Å². The third-order valence-electron chi connectivity index (χ3n) is 9.99. The summed E-state index contributed by atoms with van der Waals surface area (Å²) in [5, 5.41) is 0. The van der Waals surface area contributed by atoms with Gasteiger partial charge in [0.05, 0.1) is 0 Å². The quantitative estimate of drug-likeness (QED) is 0.392. The molecule has 4 nitrogen and oxygen atoms in total. The fourth-order valence-electron chi connectivity index (χ4n) is 8.52. The third-order valence-corrected chi connectivity index (χ3v) is 9.99. The van der Waals surface area contributed by atoms with E-state index >= 15 is 0 Å². The molecule has 6 aliphatic rings. The van der Waals surface area contributed by atoms with Gasteiger partial charge in [-0.2, -0.15) is 0 Å². The first kappa shape index (κ1) is 21.3. The van der Waals surface area contributed by atoms with Crippen LogP contribution in [0, 0.1) is 28.6 Å². The van der Waals surface area contributed by atoms with Gasteiger partial charge < -0.3 is 9.47 Å². The summed E-state index contributed by atoms with van der Waals surface area (Å²) >= 11 is 0. The number of hydrogen-bond acceptors (Lipinski definition) is 4. The van der Waals surface area contributed by atoms with Crippen molar-refractivity contribution in [3.05, 3.63) is 24.3 Å². The van der Waals surface area contributed by atoms with Crippen molar-refractivity contribution >= 4 is 11.9 Å². The van der Waals surface area contributed by atoms with Crippen LogP contribution in [0.3, 0.4) is 0 Å². The Labute approximate surface area is 186 Å². The van der Waals surface area contributed by atoms with Gasteiger partial charge in [0.25, 0.3) is 0 Å². The lowest BCUT2D eigenvalue weighted by atomic mass is 9.52. The topological polar surface area (TPSA) is 52.6 Å². The van der Waals surface area contributed by atoms with Crippen LogP contribution < -0.4 is 0 Å². The molecular weight excluding hydrogens is 388 g/mol. The smallest absolute Gasteiger partial charge is 0.334 e. The summed E-state index contributed by atoms with van der Waals surface area (Å²) in [6.07, 6.45) is 11.5. The van der Waals surface area contributed by atoms with E-state index in [1.165, 1.54) is 32.1 Å². The molecule has 0 aliphatic heterocycles. The first-order valence-electron chi connectivity index (χ1n) is 12.3. The highest BCUT2D eigenvalue weighted by Gasteiger charge is 2.62. The zero-order chi connectivity index (χ0) is 22.2. The maximum atomic E-state index is 13.5. The number of ether oxygens (including phenoxy) is 2. The minimum absolute atomic E-state index is 0.202. The zero-order valence-electron chi connectivity index (χ0n) is 19.6. The molecule has 0 aromatic carbocycles. The van der Waals surface area contributed by atoms with E-state index in [1.807, 2.05) is 0 Å².